The summed E-state index contributed by atoms with van der Waals surface area (Å²) in [5, 5.41) is 9.62. The maximum absolute atomic E-state index is 12.1. The van der Waals surface area contributed by atoms with Gasteiger partial charge in [-0.05, 0) is 30.7 Å². The largest absolute Gasteiger partial charge is 0.351 e. The number of likely N-dealkylation sites (tertiary alicyclic amines) is 1. The van der Waals surface area contributed by atoms with Crippen LogP contribution in [0.1, 0.15) is 50.5 Å². The van der Waals surface area contributed by atoms with Crippen molar-refractivity contribution in [3.05, 3.63) is 18.0 Å². The second kappa shape index (κ2) is 7.62. The van der Waals surface area contributed by atoms with Crippen LogP contribution in [0.2, 0.25) is 0 Å². The standard InChI is InChI=1S/C17H26N4O2/c22-16(7-6-14-9-18-19-10-14)20-15-8-17(23)21(12-15)11-13-4-2-1-3-5-13/h9-10,13,15H,1-8,11-12H2,(H,18,19)(H,20,22)/t15-/m1/s1. The summed E-state index contributed by atoms with van der Waals surface area (Å²) in [4.78, 5) is 26.1. The van der Waals surface area contributed by atoms with E-state index in [-0.39, 0.29) is 17.9 Å². The van der Waals surface area contributed by atoms with Crippen LogP contribution in [0.5, 0.6) is 0 Å². The molecule has 1 atom stereocenters. The molecule has 1 aromatic rings. The maximum Gasteiger partial charge on any atom is 0.224 e. The minimum absolute atomic E-state index is 0.0171. The minimum Gasteiger partial charge on any atom is -0.351 e. The number of nitrogens with zero attached hydrogens (tertiary/aromatic N) is 2. The summed E-state index contributed by atoms with van der Waals surface area (Å²) in [5.41, 5.74) is 1.03. The van der Waals surface area contributed by atoms with Gasteiger partial charge in [0.2, 0.25) is 11.8 Å². The number of aromatic nitrogens is 2. The summed E-state index contributed by atoms with van der Waals surface area (Å²) in [6, 6.07) is -0.0251. The highest BCUT2D eigenvalue weighted by Gasteiger charge is 2.32. The van der Waals surface area contributed by atoms with Crippen molar-refractivity contribution in [3.8, 4) is 0 Å². The number of aromatic amines is 1. The fourth-order valence-corrected chi connectivity index (χ4v) is 3.70. The van der Waals surface area contributed by atoms with Crippen molar-refractivity contribution in [2.75, 3.05) is 13.1 Å². The normalized spacial score (nSPS) is 22.5. The Morgan fingerprint density at radius 3 is 2.91 bits per heavy atom. The van der Waals surface area contributed by atoms with Gasteiger partial charge in [-0.2, -0.15) is 5.10 Å². The molecule has 0 radical (unpaired) electrons. The lowest BCUT2D eigenvalue weighted by Crippen LogP contribution is -2.38. The lowest BCUT2D eigenvalue weighted by molar-refractivity contribution is -0.128. The molecule has 2 fully saturated rings. The van der Waals surface area contributed by atoms with Gasteiger partial charge >= 0.3 is 0 Å². The van der Waals surface area contributed by atoms with Crippen LogP contribution >= 0.6 is 0 Å². The molecule has 6 nitrogen and oxygen atoms in total. The molecule has 0 unspecified atom stereocenters. The lowest BCUT2D eigenvalue weighted by atomic mass is 9.89. The third-order valence-corrected chi connectivity index (χ3v) is 4.98. The van der Waals surface area contributed by atoms with Gasteiger partial charge in [-0.15, -0.1) is 0 Å². The fourth-order valence-electron chi connectivity index (χ4n) is 3.70. The van der Waals surface area contributed by atoms with Gasteiger partial charge in [-0.25, -0.2) is 0 Å². The Hall–Kier alpha value is -1.85. The van der Waals surface area contributed by atoms with Gasteiger partial charge in [0.15, 0.2) is 0 Å². The molecule has 3 rings (SSSR count). The highest BCUT2D eigenvalue weighted by molar-refractivity contribution is 5.82. The molecule has 1 saturated heterocycles. The number of rotatable bonds is 6. The fraction of sp³-hybridized carbons (Fsp3) is 0.706. The molecular weight excluding hydrogens is 292 g/mol. The van der Waals surface area contributed by atoms with Crippen LogP contribution in [0.4, 0.5) is 0 Å². The number of hydrogen-bond donors (Lipinski definition) is 2. The summed E-state index contributed by atoms with van der Waals surface area (Å²) in [6.45, 7) is 1.55. The van der Waals surface area contributed by atoms with E-state index in [1.54, 1.807) is 12.4 Å². The lowest BCUT2D eigenvalue weighted by Gasteiger charge is -2.27. The molecular formula is C17H26N4O2. The SMILES string of the molecule is O=C(CCc1cn[nH]c1)N[C@@H]1CC(=O)N(CC2CCCCC2)C1. The van der Waals surface area contributed by atoms with Gasteiger partial charge in [0, 0.05) is 32.1 Å². The van der Waals surface area contributed by atoms with Crippen LogP contribution in [0.25, 0.3) is 0 Å². The molecule has 23 heavy (non-hydrogen) atoms. The number of nitrogens with one attached hydrogen (secondary N) is 2. The van der Waals surface area contributed by atoms with E-state index in [0.717, 1.165) is 12.1 Å². The van der Waals surface area contributed by atoms with Crippen molar-refractivity contribution < 1.29 is 9.59 Å². The second-order valence-corrected chi connectivity index (χ2v) is 6.88. The molecule has 1 aliphatic heterocycles. The van der Waals surface area contributed by atoms with E-state index in [1.165, 1.54) is 32.1 Å². The predicted molar refractivity (Wildman–Crippen MR) is 86.6 cm³/mol. The third-order valence-electron chi connectivity index (χ3n) is 4.98. The van der Waals surface area contributed by atoms with E-state index in [0.29, 0.717) is 31.7 Å². The highest BCUT2D eigenvalue weighted by atomic mass is 16.2. The Bertz CT molecular complexity index is 523. The Morgan fingerprint density at radius 1 is 1.35 bits per heavy atom. The van der Waals surface area contributed by atoms with E-state index in [9.17, 15) is 9.59 Å². The third kappa shape index (κ3) is 4.56. The van der Waals surface area contributed by atoms with Crippen LogP contribution in [0, 0.1) is 5.92 Å². The zero-order valence-corrected chi connectivity index (χ0v) is 13.6. The van der Waals surface area contributed by atoms with E-state index in [1.807, 2.05) is 4.90 Å². The number of carbonyl (C=O) groups is 2. The number of aryl methyl sites for hydroxylation is 1. The van der Waals surface area contributed by atoms with Crippen molar-refractivity contribution in [3.63, 3.8) is 0 Å². The summed E-state index contributed by atoms with van der Waals surface area (Å²) in [7, 11) is 0. The van der Waals surface area contributed by atoms with E-state index >= 15 is 0 Å². The molecule has 0 spiro atoms. The Labute approximate surface area is 137 Å². The molecule has 2 amide bonds. The van der Waals surface area contributed by atoms with Gasteiger partial charge in [-0.3, -0.25) is 14.7 Å². The molecule has 1 aliphatic carbocycles. The Morgan fingerprint density at radius 2 is 2.17 bits per heavy atom. The van der Waals surface area contributed by atoms with Crippen molar-refractivity contribution in [2.24, 2.45) is 5.92 Å². The van der Waals surface area contributed by atoms with Gasteiger partial charge in [-0.1, -0.05) is 19.3 Å². The second-order valence-electron chi connectivity index (χ2n) is 6.88. The highest BCUT2D eigenvalue weighted by Crippen LogP contribution is 2.26. The predicted octanol–water partition coefficient (Wildman–Crippen LogP) is 1.64. The molecule has 0 aromatic carbocycles. The quantitative estimate of drug-likeness (QED) is 0.837. The van der Waals surface area contributed by atoms with Crippen molar-refractivity contribution in [1.29, 1.82) is 0 Å². The smallest absolute Gasteiger partial charge is 0.224 e. The maximum atomic E-state index is 12.1. The van der Waals surface area contributed by atoms with Crippen LogP contribution < -0.4 is 5.32 Å². The first kappa shape index (κ1) is 16.0. The van der Waals surface area contributed by atoms with Crippen molar-refractivity contribution in [1.82, 2.24) is 20.4 Å². The first-order valence-corrected chi connectivity index (χ1v) is 8.75. The Balaban J connectivity index is 1.40. The van der Waals surface area contributed by atoms with Gasteiger partial charge in [0.1, 0.15) is 0 Å². The zero-order chi connectivity index (χ0) is 16.1. The summed E-state index contributed by atoms with van der Waals surface area (Å²) in [6.07, 6.45) is 11.5. The topological polar surface area (TPSA) is 78.1 Å². The van der Waals surface area contributed by atoms with Crippen LogP contribution in [-0.2, 0) is 16.0 Å². The van der Waals surface area contributed by atoms with Crippen molar-refractivity contribution >= 4 is 11.8 Å². The number of amides is 2. The van der Waals surface area contributed by atoms with Crippen LogP contribution in [-0.4, -0.2) is 46.0 Å². The summed E-state index contributed by atoms with van der Waals surface area (Å²) in [5.74, 6) is 0.863. The molecule has 1 saturated carbocycles. The van der Waals surface area contributed by atoms with Gasteiger partial charge in [0.25, 0.3) is 0 Å². The van der Waals surface area contributed by atoms with Gasteiger partial charge < -0.3 is 10.2 Å². The summed E-state index contributed by atoms with van der Waals surface area (Å²) >= 11 is 0. The molecule has 2 heterocycles. The zero-order valence-electron chi connectivity index (χ0n) is 13.6. The van der Waals surface area contributed by atoms with E-state index in [2.05, 4.69) is 15.5 Å². The Kier molecular flexibility index (Phi) is 5.31. The molecule has 126 valence electrons. The minimum atomic E-state index is -0.0251. The van der Waals surface area contributed by atoms with Crippen LogP contribution in [0.15, 0.2) is 12.4 Å². The average Bonchev–Trinajstić information content (AvgIpc) is 3.17. The first-order chi connectivity index (χ1) is 11.2. The van der Waals surface area contributed by atoms with E-state index in [4.69, 9.17) is 0 Å². The molecule has 2 N–H and O–H groups in total. The number of carbonyl (C=O) groups excluding carboxylic acids is 2. The monoisotopic (exact) mass is 318 g/mol. The van der Waals surface area contributed by atoms with Crippen LogP contribution in [0.3, 0.4) is 0 Å². The molecule has 0 bridgehead atoms. The van der Waals surface area contributed by atoms with E-state index < -0.39 is 0 Å². The molecule has 2 aliphatic rings. The van der Waals surface area contributed by atoms with Crippen molar-refractivity contribution in [2.45, 2.75) is 57.4 Å². The average molecular weight is 318 g/mol. The molecule has 1 aromatic heterocycles. The van der Waals surface area contributed by atoms with Gasteiger partial charge in [0.05, 0.1) is 12.2 Å². The summed E-state index contributed by atoms with van der Waals surface area (Å²) < 4.78 is 0. The number of hydrogen-bond acceptors (Lipinski definition) is 3. The first-order valence-electron chi connectivity index (χ1n) is 8.75. The number of H-pyrrole nitrogens is 1. The molecule has 6 heteroatoms.